The molecule has 1 aliphatic heterocycles. The van der Waals surface area contributed by atoms with Crippen molar-refractivity contribution >= 4 is 5.91 Å². The normalized spacial score (nSPS) is 18.9. The van der Waals surface area contributed by atoms with Gasteiger partial charge in [0, 0.05) is 18.7 Å². The Kier molecular flexibility index (Phi) is 3.77. The van der Waals surface area contributed by atoms with Crippen molar-refractivity contribution in [3.63, 3.8) is 0 Å². The number of hydrogen-bond donors (Lipinski definition) is 1. The minimum atomic E-state index is -4.46. The van der Waals surface area contributed by atoms with Crippen LogP contribution in [0.3, 0.4) is 0 Å². The van der Waals surface area contributed by atoms with Crippen molar-refractivity contribution in [2.75, 3.05) is 13.1 Å². The summed E-state index contributed by atoms with van der Waals surface area (Å²) in [6.07, 6.45) is -3.60. The Morgan fingerprint density at radius 1 is 1.30 bits per heavy atom. The summed E-state index contributed by atoms with van der Waals surface area (Å²) >= 11 is 0. The summed E-state index contributed by atoms with van der Waals surface area (Å²) in [4.78, 5) is 13.6. The van der Waals surface area contributed by atoms with Gasteiger partial charge >= 0.3 is 6.18 Å². The predicted molar refractivity (Wildman–Crippen MR) is 67.2 cm³/mol. The van der Waals surface area contributed by atoms with E-state index in [1.807, 2.05) is 0 Å². The first kappa shape index (κ1) is 14.8. The molecule has 1 aromatic carbocycles. The zero-order valence-corrected chi connectivity index (χ0v) is 11.1. The van der Waals surface area contributed by atoms with Crippen LogP contribution in [0, 0.1) is 0 Å². The van der Waals surface area contributed by atoms with Crippen LogP contribution in [0.4, 0.5) is 13.2 Å². The number of nitrogens with zero attached hydrogens (tertiary/aromatic N) is 1. The minimum Gasteiger partial charge on any atom is -0.390 e. The molecule has 0 bridgehead atoms. The topological polar surface area (TPSA) is 40.5 Å². The van der Waals surface area contributed by atoms with Crippen molar-refractivity contribution in [2.45, 2.75) is 31.5 Å². The Morgan fingerprint density at radius 2 is 1.90 bits per heavy atom. The third-order valence-corrected chi connectivity index (χ3v) is 3.56. The zero-order valence-electron chi connectivity index (χ0n) is 11.1. The molecule has 0 saturated carbocycles. The van der Waals surface area contributed by atoms with E-state index in [9.17, 15) is 23.1 Å². The van der Waals surface area contributed by atoms with Gasteiger partial charge in [-0.15, -0.1) is 0 Å². The highest BCUT2D eigenvalue weighted by Gasteiger charge is 2.33. The number of benzene rings is 1. The molecule has 0 radical (unpaired) electrons. The second kappa shape index (κ2) is 5.09. The number of piperidine rings is 1. The zero-order chi connectivity index (χ0) is 15.0. The summed E-state index contributed by atoms with van der Waals surface area (Å²) < 4.78 is 37.9. The third kappa shape index (κ3) is 3.30. The maximum atomic E-state index is 12.6. The number of hydrogen-bond acceptors (Lipinski definition) is 2. The molecule has 6 heteroatoms. The number of rotatable bonds is 1. The maximum absolute atomic E-state index is 12.6. The highest BCUT2D eigenvalue weighted by Crippen LogP contribution is 2.30. The molecule has 1 aromatic rings. The fourth-order valence-corrected chi connectivity index (χ4v) is 2.20. The molecule has 0 aromatic heterocycles. The van der Waals surface area contributed by atoms with E-state index >= 15 is 0 Å². The summed E-state index contributed by atoms with van der Waals surface area (Å²) in [5.41, 5.74) is -1.60. The van der Waals surface area contributed by atoms with Gasteiger partial charge in [-0.2, -0.15) is 13.2 Å². The van der Waals surface area contributed by atoms with Crippen molar-refractivity contribution < 1.29 is 23.1 Å². The third-order valence-electron chi connectivity index (χ3n) is 3.56. The predicted octanol–water partition coefficient (Wildman–Crippen LogP) is 2.69. The number of aliphatic hydroxyl groups is 1. The second-order valence-electron chi connectivity index (χ2n) is 5.37. The van der Waals surface area contributed by atoms with Crippen LogP contribution in [0.15, 0.2) is 24.3 Å². The molecule has 1 saturated heterocycles. The fraction of sp³-hybridized carbons (Fsp3) is 0.500. The van der Waals surface area contributed by atoms with Crippen LogP contribution in [-0.2, 0) is 6.18 Å². The number of alkyl halides is 3. The van der Waals surface area contributed by atoms with Gasteiger partial charge in [0.1, 0.15) is 0 Å². The SMILES string of the molecule is CC1(O)CCN(C(=O)c2cccc(C(F)(F)F)c2)CC1. The molecule has 20 heavy (non-hydrogen) atoms. The standard InChI is InChI=1S/C14H16F3NO2/c1-13(20)5-7-18(8-6-13)12(19)10-3-2-4-11(9-10)14(15,16)17/h2-4,9,20H,5-8H2,1H3. The van der Waals surface area contributed by atoms with Gasteiger partial charge in [-0.3, -0.25) is 4.79 Å². The molecule has 1 aliphatic rings. The first-order chi connectivity index (χ1) is 9.19. The number of halogens is 3. The van der Waals surface area contributed by atoms with Crippen molar-refractivity contribution in [3.05, 3.63) is 35.4 Å². The molecule has 0 aliphatic carbocycles. The van der Waals surface area contributed by atoms with Crippen molar-refractivity contribution in [1.82, 2.24) is 4.90 Å². The Bertz CT molecular complexity index is 501. The van der Waals surface area contributed by atoms with Crippen molar-refractivity contribution in [2.24, 2.45) is 0 Å². The van der Waals surface area contributed by atoms with E-state index in [1.165, 1.54) is 17.0 Å². The summed E-state index contributed by atoms with van der Waals surface area (Å²) in [5.74, 6) is -0.424. The Hall–Kier alpha value is -1.56. The lowest BCUT2D eigenvalue weighted by Crippen LogP contribution is -2.45. The van der Waals surface area contributed by atoms with E-state index < -0.39 is 23.2 Å². The van der Waals surface area contributed by atoms with Gasteiger partial charge in [0.15, 0.2) is 0 Å². The fourth-order valence-electron chi connectivity index (χ4n) is 2.20. The number of carbonyl (C=O) groups is 1. The lowest BCUT2D eigenvalue weighted by Gasteiger charge is -2.35. The van der Waals surface area contributed by atoms with E-state index in [4.69, 9.17) is 0 Å². The van der Waals surface area contributed by atoms with Crippen molar-refractivity contribution in [3.8, 4) is 0 Å². The van der Waals surface area contributed by atoms with Gasteiger partial charge in [0.2, 0.25) is 0 Å². The molecular weight excluding hydrogens is 271 g/mol. The summed E-state index contributed by atoms with van der Waals surface area (Å²) in [7, 11) is 0. The minimum absolute atomic E-state index is 0.0290. The van der Waals surface area contributed by atoms with Gasteiger partial charge < -0.3 is 10.0 Å². The highest BCUT2D eigenvalue weighted by molar-refractivity contribution is 5.94. The summed E-state index contributed by atoms with van der Waals surface area (Å²) in [5, 5.41) is 9.81. The van der Waals surface area contributed by atoms with Crippen LogP contribution >= 0.6 is 0 Å². The van der Waals surface area contributed by atoms with E-state index in [0.29, 0.717) is 25.9 Å². The molecule has 1 heterocycles. The van der Waals surface area contributed by atoms with E-state index in [1.54, 1.807) is 6.92 Å². The monoisotopic (exact) mass is 287 g/mol. The summed E-state index contributed by atoms with van der Waals surface area (Å²) in [6.45, 7) is 2.39. The van der Waals surface area contributed by atoms with Crippen LogP contribution in [0.1, 0.15) is 35.7 Å². The number of amides is 1. The van der Waals surface area contributed by atoms with E-state index in [-0.39, 0.29) is 5.56 Å². The van der Waals surface area contributed by atoms with Gasteiger partial charge in [0.05, 0.1) is 11.2 Å². The Balaban J connectivity index is 2.14. The maximum Gasteiger partial charge on any atom is 0.416 e. The van der Waals surface area contributed by atoms with E-state index in [2.05, 4.69) is 0 Å². The lowest BCUT2D eigenvalue weighted by molar-refractivity contribution is -0.137. The first-order valence-electron chi connectivity index (χ1n) is 6.38. The molecule has 2 rings (SSSR count). The molecule has 1 N–H and O–H groups in total. The van der Waals surface area contributed by atoms with Crippen LogP contribution in [-0.4, -0.2) is 34.6 Å². The van der Waals surface area contributed by atoms with Crippen LogP contribution < -0.4 is 0 Å². The second-order valence-corrected chi connectivity index (χ2v) is 5.37. The van der Waals surface area contributed by atoms with Gasteiger partial charge in [-0.25, -0.2) is 0 Å². The van der Waals surface area contributed by atoms with Gasteiger partial charge in [-0.1, -0.05) is 6.07 Å². The van der Waals surface area contributed by atoms with Crippen LogP contribution in [0.2, 0.25) is 0 Å². The highest BCUT2D eigenvalue weighted by atomic mass is 19.4. The largest absolute Gasteiger partial charge is 0.416 e. The molecule has 1 amide bonds. The number of carbonyl (C=O) groups excluding carboxylic acids is 1. The van der Waals surface area contributed by atoms with E-state index in [0.717, 1.165) is 12.1 Å². The molecule has 1 fully saturated rings. The molecular formula is C14H16F3NO2. The quantitative estimate of drug-likeness (QED) is 0.862. The molecule has 3 nitrogen and oxygen atoms in total. The van der Waals surface area contributed by atoms with Crippen LogP contribution in [0.25, 0.3) is 0 Å². The Labute approximate surface area is 115 Å². The number of likely N-dealkylation sites (tertiary alicyclic amines) is 1. The first-order valence-corrected chi connectivity index (χ1v) is 6.38. The van der Waals surface area contributed by atoms with Gasteiger partial charge in [0.25, 0.3) is 5.91 Å². The average molecular weight is 287 g/mol. The smallest absolute Gasteiger partial charge is 0.390 e. The lowest BCUT2D eigenvalue weighted by atomic mass is 9.93. The molecule has 0 atom stereocenters. The average Bonchev–Trinajstić information content (AvgIpc) is 2.37. The summed E-state index contributed by atoms with van der Waals surface area (Å²) in [6, 6.07) is 4.42. The van der Waals surface area contributed by atoms with Gasteiger partial charge in [-0.05, 0) is 38.0 Å². The van der Waals surface area contributed by atoms with Crippen LogP contribution in [0.5, 0.6) is 0 Å². The molecule has 110 valence electrons. The van der Waals surface area contributed by atoms with Crippen molar-refractivity contribution in [1.29, 1.82) is 0 Å². The molecule has 0 unspecified atom stereocenters. The molecule has 0 spiro atoms. The Morgan fingerprint density at radius 3 is 2.45 bits per heavy atom.